The smallest absolute Gasteiger partial charge is 0.225 e. The largest absolute Gasteiger partial charge is 0.477 e. The molecule has 4 heteroatoms. The van der Waals surface area contributed by atoms with Crippen LogP contribution in [0.1, 0.15) is 49.5 Å². The summed E-state index contributed by atoms with van der Waals surface area (Å²) < 4.78 is 6.13. The number of rotatable bonds is 3. The van der Waals surface area contributed by atoms with Gasteiger partial charge in [0, 0.05) is 4.88 Å². The zero-order valence-electron chi connectivity index (χ0n) is 12.6. The molecule has 21 heavy (non-hydrogen) atoms. The summed E-state index contributed by atoms with van der Waals surface area (Å²) in [6, 6.07) is 0. The molecule has 4 rings (SSSR count). The van der Waals surface area contributed by atoms with E-state index in [4.69, 9.17) is 4.74 Å². The van der Waals surface area contributed by atoms with Crippen LogP contribution in [0.15, 0.2) is 6.33 Å². The van der Waals surface area contributed by atoms with E-state index < -0.39 is 0 Å². The molecule has 0 aromatic carbocycles. The van der Waals surface area contributed by atoms with Crippen molar-refractivity contribution in [1.29, 1.82) is 0 Å². The lowest BCUT2D eigenvalue weighted by molar-refractivity contribution is 0.185. The second kappa shape index (κ2) is 5.56. The maximum absolute atomic E-state index is 6.13. The SMILES string of the molecule is CC1CCC(COc2ncnc3sc4c(c23)CCC4)CC1. The van der Waals surface area contributed by atoms with E-state index in [1.165, 1.54) is 60.8 Å². The van der Waals surface area contributed by atoms with E-state index in [1.54, 1.807) is 6.33 Å². The van der Waals surface area contributed by atoms with Crippen molar-refractivity contribution >= 4 is 21.6 Å². The Bertz CT molecular complexity index is 644. The van der Waals surface area contributed by atoms with Crippen molar-refractivity contribution in [1.82, 2.24) is 9.97 Å². The van der Waals surface area contributed by atoms with Crippen molar-refractivity contribution in [2.45, 2.75) is 51.9 Å². The van der Waals surface area contributed by atoms with Gasteiger partial charge < -0.3 is 4.74 Å². The summed E-state index contributed by atoms with van der Waals surface area (Å²) in [6.07, 6.45) is 10.6. The van der Waals surface area contributed by atoms with Gasteiger partial charge in [-0.05, 0) is 49.5 Å². The highest BCUT2D eigenvalue weighted by molar-refractivity contribution is 7.18. The molecule has 0 radical (unpaired) electrons. The van der Waals surface area contributed by atoms with Crippen LogP contribution in [-0.2, 0) is 12.8 Å². The minimum absolute atomic E-state index is 0.706. The first kappa shape index (κ1) is 13.5. The Labute approximate surface area is 129 Å². The third kappa shape index (κ3) is 2.54. The highest BCUT2D eigenvalue weighted by Crippen LogP contribution is 2.40. The summed E-state index contributed by atoms with van der Waals surface area (Å²) in [4.78, 5) is 11.5. The molecule has 1 saturated carbocycles. The van der Waals surface area contributed by atoms with E-state index >= 15 is 0 Å². The van der Waals surface area contributed by atoms with Crippen LogP contribution in [0.3, 0.4) is 0 Å². The average molecular weight is 302 g/mol. The fourth-order valence-corrected chi connectivity index (χ4v) is 4.92. The van der Waals surface area contributed by atoms with Crippen LogP contribution >= 0.6 is 11.3 Å². The van der Waals surface area contributed by atoms with Gasteiger partial charge in [0.05, 0.1) is 12.0 Å². The van der Waals surface area contributed by atoms with E-state index in [-0.39, 0.29) is 0 Å². The highest BCUT2D eigenvalue weighted by atomic mass is 32.1. The van der Waals surface area contributed by atoms with Crippen molar-refractivity contribution in [2.75, 3.05) is 6.61 Å². The summed E-state index contributed by atoms with van der Waals surface area (Å²) in [5.74, 6) is 2.43. The van der Waals surface area contributed by atoms with E-state index in [9.17, 15) is 0 Å². The second-order valence-corrected chi connectivity index (χ2v) is 7.74. The first-order chi connectivity index (χ1) is 10.3. The number of thiophene rings is 1. The Hall–Kier alpha value is -1.16. The highest BCUT2D eigenvalue weighted by Gasteiger charge is 2.23. The Kier molecular flexibility index (Phi) is 3.57. The Balaban J connectivity index is 1.54. The van der Waals surface area contributed by atoms with Crippen molar-refractivity contribution in [3.63, 3.8) is 0 Å². The van der Waals surface area contributed by atoms with E-state index in [1.807, 2.05) is 11.3 Å². The molecule has 2 aromatic rings. The van der Waals surface area contributed by atoms with Gasteiger partial charge in [-0.3, -0.25) is 0 Å². The van der Waals surface area contributed by atoms with E-state index in [2.05, 4.69) is 16.9 Å². The maximum atomic E-state index is 6.13. The Morgan fingerprint density at radius 2 is 2.05 bits per heavy atom. The third-order valence-corrected chi connectivity index (χ3v) is 6.26. The van der Waals surface area contributed by atoms with Gasteiger partial charge in [-0.15, -0.1) is 11.3 Å². The standard InChI is InChI=1S/C17H22N2OS/c1-11-5-7-12(8-6-11)9-20-16-15-13-3-2-4-14(13)21-17(15)19-10-18-16/h10-12H,2-9H2,1H3. The number of fused-ring (bicyclic) bond motifs is 3. The van der Waals surface area contributed by atoms with Gasteiger partial charge in [0.1, 0.15) is 11.2 Å². The molecule has 2 aromatic heterocycles. The number of nitrogens with zero attached hydrogens (tertiary/aromatic N) is 2. The second-order valence-electron chi connectivity index (χ2n) is 6.65. The number of ether oxygens (including phenoxy) is 1. The first-order valence-electron chi connectivity index (χ1n) is 8.19. The first-order valence-corrected chi connectivity index (χ1v) is 9.01. The van der Waals surface area contributed by atoms with Gasteiger partial charge in [0.15, 0.2) is 0 Å². The van der Waals surface area contributed by atoms with Gasteiger partial charge in [-0.25, -0.2) is 9.97 Å². The molecule has 0 spiro atoms. The number of hydrogen-bond donors (Lipinski definition) is 0. The molecule has 0 bridgehead atoms. The van der Waals surface area contributed by atoms with Crippen LogP contribution in [-0.4, -0.2) is 16.6 Å². The fourth-order valence-electron chi connectivity index (χ4n) is 3.70. The summed E-state index contributed by atoms with van der Waals surface area (Å²) >= 11 is 1.83. The monoisotopic (exact) mass is 302 g/mol. The lowest BCUT2D eigenvalue weighted by Gasteiger charge is -2.25. The van der Waals surface area contributed by atoms with E-state index in [0.29, 0.717) is 5.92 Å². The average Bonchev–Trinajstić information content (AvgIpc) is 3.07. The molecular formula is C17H22N2OS. The summed E-state index contributed by atoms with van der Waals surface area (Å²) in [7, 11) is 0. The van der Waals surface area contributed by atoms with Gasteiger partial charge in [0.2, 0.25) is 5.88 Å². The van der Waals surface area contributed by atoms with Crippen molar-refractivity contribution in [3.8, 4) is 5.88 Å². The summed E-state index contributed by atoms with van der Waals surface area (Å²) in [6.45, 7) is 3.18. The van der Waals surface area contributed by atoms with Gasteiger partial charge in [0.25, 0.3) is 0 Å². The lowest BCUT2D eigenvalue weighted by atomic mass is 9.83. The van der Waals surface area contributed by atoms with Crippen LogP contribution in [0.5, 0.6) is 5.88 Å². The third-order valence-electron chi connectivity index (χ3n) is 5.06. The number of aromatic nitrogens is 2. The molecule has 0 amide bonds. The van der Waals surface area contributed by atoms with Crippen molar-refractivity contribution in [3.05, 3.63) is 16.8 Å². The number of aryl methyl sites for hydroxylation is 2. The normalized spacial score (nSPS) is 25.2. The van der Waals surface area contributed by atoms with Gasteiger partial charge in [-0.2, -0.15) is 0 Å². The van der Waals surface area contributed by atoms with Crippen molar-refractivity contribution < 1.29 is 4.74 Å². The predicted molar refractivity (Wildman–Crippen MR) is 86.1 cm³/mol. The van der Waals surface area contributed by atoms with Crippen molar-refractivity contribution in [2.24, 2.45) is 11.8 Å². The molecule has 3 nitrogen and oxygen atoms in total. The molecule has 2 aliphatic carbocycles. The number of hydrogen-bond acceptors (Lipinski definition) is 4. The maximum Gasteiger partial charge on any atom is 0.225 e. The summed E-state index contributed by atoms with van der Waals surface area (Å²) in [5.41, 5.74) is 1.46. The Morgan fingerprint density at radius 3 is 2.90 bits per heavy atom. The molecule has 2 aliphatic rings. The zero-order valence-corrected chi connectivity index (χ0v) is 13.4. The van der Waals surface area contributed by atoms with E-state index in [0.717, 1.165) is 23.2 Å². The van der Waals surface area contributed by atoms with Crippen LogP contribution < -0.4 is 4.74 Å². The van der Waals surface area contributed by atoms with Gasteiger partial charge >= 0.3 is 0 Å². The molecule has 0 N–H and O–H groups in total. The quantitative estimate of drug-likeness (QED) is 0.843. The topological polar surface area (TPSA) is 35.0 Å². The van der Waals surface area contributed by atoms with Gasteiger partial charge in [-0.1, -0.05) is 19.8 Å². The minimum Gasteiger partial charge on any atom is -0.477 e. The zero-order chi connectivity index (χ0) is 14.2. The van der Waals surface area contributed by atoms with Crippen LogP contribution in [0.25, 0.3) is 10.2 Å². The predicted octanol–water partition coefficient (Wildman–Crippen LogP) is 4.39. The molecule has 0 unspecified atom stereocenters. The Morgan fingerprint density at radius 1 is 1.19 bits per heavy atom. The van der Waals surface area contributed by atoms with Crippen LogP contribution in [0, 0.1) is 11.8 Å². The van der Waals surface area contributed by atoms with Crippen LogP contribution in [0.2, 0.25) is 0 Å². The molecule has 0 atom stereocenters. The molecule has 2 heterocycles. The minimum atomic E-state index is 0.706. The molecule has 112 valence electrons. The lowest BCUT2D eigenvalue weighted by Crippen LogP contribution is -2.19. The molecule has 0 saturated heterocycles. The summed E-state index contributed by atoms with van der Waals surface area (Å²) in [5, 5.41) is 1.21. The molecule has 1 fully saturated rings. The fraction of sp³-hybridized carbons (Fsp3) is 0.647. The van der Waals surface area contributed by atoms with Crippen LogP contribution in [0.4, 0.5) is 0 Å². The molecule has 0 aliphatic heterocycles. The molecular weight excluding hydrogens is 280 g/mol.